The predicted molar refractivity (Wildman–Crippen MR) is 451 cm³/mol. The third kappa shape index (κ3) is 15.0. The van der Waals surface area contributed by atoms with Crippen LogP contribution in [0.1, 0.15) is 27.7 Å². The summed E-state index contributed by atoms with van der Waals surface area (Å²) < 4.78 is 13.5. The van der Waals surface area contributed by atoms with Crippen LogP contribution in [0.25, 0.3) is 168 Å². The molecule has 6 aromatic heterocycles. The Morgan fingerprint density at radius 1 is 0.236 bits per heavy atom. The van der Waals surface area contributed by atoms with Gasteiger partial charge in [0.25, 0.3) is 0 Å². The molecule has 0 bridgehead atoms. The molecule has 12 nitrogen and oxygen atoms in total. The largest absolute Gasteiger partial charge is 0.494 e. The average Bonchev–Trinajstić information content (AvgIpc) is 1.33. The molecular weight excluding hydrogens is 1420 g/mol. The summed E-state index contributed by atoms with van der Waals surface area (Å²) in [5.74, 6) is 3.90. The minimum absolute atomic E-state index is 0.359. The van der Waals surface area contributed by atoms with Crippen LogP contribution in [-0.4, -0.2) is 68.2 Å². The molecule has 0 radical (unpaired) electrons. The molecule has 1 fully saturated rings. The van der Waals surface area contributed by atoms with Crippen LogP contribution in [0.3, 0.4) is 0 Å². The summed E-state index contributed by atoms with van der Waals surface area (Å²) in [6.07, 6.45) is 3.64. The molecule has 0 unspecified atom stereocenters. The smallest absolute Gasteiger partial charge is 0.399 e. The molecule has 0 amide bonds. The van der Waals surface area contributed by atoms with E-state index < -0.39 is 0 Å². The number of aromatic nitrogens is 10. The third-order valence-corrected chi connectivity index (χ3v) is 20.6. The normalized spacial score (nSPS) is 12.8. The zero-order valence-electron chi connectivity index (χ0n) is 60.7. The number of pyridine rings is 4. The van der Waals surface area contributed by atoms with E-state index in [1.54, 1.807) is 0 Å². The molecule has 7 heterocycles. The van der Waals surface area contributed by atoms with Crippen molar-refractivity contribution in [2.24, 2.45) is 0 Å². The fourth-order valence-corrected chi connectivity index (χ4v) is 13.8. The van der Waals surface area contributed by atoms with Crippen molar-refractivity contribution in [1.29, 1.82) is 0 Å². The second kappa shape index (κ2) is 30.6. The zero-order valence-corrected chi connectivity index (χ0v) is 62.3. The molecule has 0 saturated carbocycles. The third-order valence-electron chi connectivity index (χ3n) is 20.1. The van der Waals surface area contributed by atoms with E-state index in [-0.39, 0.29) is 18.3 Å². The maximum Gasteiger partial charge on any atom is 0.494 e. The molecule has 12 aromatic carbocycles. The molecule has 0 N–H and O–H groups in total. The van der Waals surface area contributed by atoms with Crippen molar-refractivity contribution in [1.82, 2.24) is 49.8 Å². The second-order valence-electron chi connectivity index (χ2n) is 27.9. The highest BCUT2D eigenvalue weighted by atomic mass is 79.9. The number of hydrogen-bond donors (Lipinski definition) is 0. The highest BCUT2D eigenvalue weighted by molar-refractivity contribution is 9.10. The summed E-state index contributed by atoms with van der Waals surface area (Å²) in [7, 11) is -0.368. The Morgan fingerprint density at radius 2 is 0.518 bits per heavy atom. The molecule has 110 heavy (non-hydrogen) atoms. The molecular formula is C96H70BBrN10O2. The summed E-state index contributed by atoms with van der Waals surface area (Å²) in [5.41, 5.74) is 20.6. The molecule has 0 atom stereocenters. The van der Waals surface area contributed by atoms with Crippen LogP contribution in [0.15, 0.2) is 357 Å². The van der Waals surface area contributed by atoms with Crippen molar-refractivity contribution in [3.8, 4) is 124 Å². The average molecular weight is 1490 g/mol. The maximum atomic E-state index is 6.20. The van der Waals surface area contributed by atoms with Crippen LogP contribution in [0, 0.1) is 0 Å². The van der Waals surface area contributed by atoms with E-state index in [0.717, 1.165) is 143 Å². The zero-order chi connectivity index (χ0) is 74.6. The number of rotatable bonds is 12. The van der Waals surface area contributed by atoms with Crippen molar-refractivity contribution < 1.29 is 9.31 Å². The highest BCUT2D eigenvalue weighted by Crippen LogP contribution is 2.38. The van der Waals surface area contributed by atoms with Crippen LogP contribution >= 0.6 is 15.9 Å². The first-order valence-corrected chi connectivity index (χ1v) is 37.3. The molecule has 0 aliphatic carbocycles. The lowest BCUT2D eigenvalue weighted by molar-refractivity contribution is 0.00578. The molecule has 1 aliphatic heterocycles. The summed E-state index contributed by atoms with van der Waals surface area (Å²) in [6, 6.07) is 116. The van der Waals surface area contributed by atoms with Crippen LogP contribution in [0.4, 0.5) is 0 Å². The quantitative estimate of drug-likeness (QED) is 0.0847. The van der Waals surface area contributed by atoms with Gasteiger partial charge in [0.05, 0.1) is 44.7 Å². The standard InChI is InChI=1S/C45H29N5.C33H30BN3O2.C18H11BrN2/c1-3-9-35(10-4-1)43-48-44(36-11-5-2-6-12-36)50-45(49-43)37-24-20-31(21-25-37)30-16-18-32(19-17-30)38-13-7-14-39(29-38)40-27-26-34-23-22-33-15-8-28-46-41(33)42(34)47-40;1-32(2)33(3,4)39-34(38-32)28-21-19-24(20-22-28)23-15-17-27(18-16-23)31-36-29(25-11-7-5-8-12-25)35-30(37-31)26-13-9-6-10-14-26;19-15-5-1-3-14(11-15)16-9-8-13-7-6-12-4-2-10-20-17(12)18(13)21-16/h1-29H;5-22H,1-4H3;1-11H. The Balaban J connectivity index is 0.000000130. The van der Waals surface area contributed by atoms with Crippen LogP contribution in [0.2, 0.25) is 0 Å². The minimum atomic E-state index is -0.368. The lowest BCUT2D eigenvalue weighted by Crippen LogP contribution is -2.41. The molecule has 19 rings (SSSR count). The van der Waals surface area contributed by atoms with E-state index in [1.807, 2.05) is 158 Å². The summed E-state index contributed by atoms with van der Waals surface area (Å²) in [5, 5.41) is 4.40. The first-order valence-electron chi connectivity index (χ1n) is 36.5. The maximum absolute atomic E-state index is 6.20. The number of nitrogens with zero attached hydrogens (tertiary/aromatic N) is 10. The van der Waals surface area contributed by atoms with E-state index in [4.69, 9.17) is 49.2 Å². The van der Waals surface area contributed by atoms with Crippen LogP contribution in [0.5, 0.6) is 0 Å². The minimum Gasteiger partial charge on any atom is -0.399 e. The van der Waals surface area contributed by atoms with Gasteiger partial charge in [-0.1, -0.05) is 313 Å². The Hall–Kier alpha value is -13.2. The highest BCUT2D eigenvalue weighted by Gasteiger charge is 2.51. The SMILES string of the molecule is Brc1cccc(-c2ccc3ccc4cccnc4c3n2)c1.CC1(C)OB(c2ccc(-c3ccc(-c4nc(-c5ccccc5)nc(-c5ccccc5)n4)cc3)cc2)OC1(C)C.c1ccc(-c2nc(-c3ccccc3)nc(-c3ccc(-c4ccc(-c5cccc(-c6ccc7ccc8cccnc8c7n6)c5)cc4)cc3)n2)cc1. The Labute approximate surface area is 646 Å². The Morgan fingerprint density at radius 3 is 0.882 bits per heavy atom. The summed E-state index contributed by atoms with van der Waals surface area (Å²) in [6.45, 7) is 8.28. The van der Waals surface area contributed by atoms with Gasteiger partial charge >= 0.3 is 7.12 Å². The van der Waals surface area contributed by atoms with Gasteiger partial charge in [0.15, 0.2) is 34.9 Å². The van der Waals surface area contributed by atoms with Gasteiger partial charge in [-0.2, -0.15) is 0 Å². The van der Waals surface area contributed by atoms with E-state index >= 15 is 0 Å². The van der Waals surface area contributed by atoms with E-state index in [1.165, 1.54) is 0 Å². The summed E-state index contributed by atoms with van der Waals surface area (Å²) >= 11 is 3.51. The first kappa shape index (κ1) is 69.8. The Bertz CT molecular complexity index is 6210. The lowest BCUT2D eigenvalue weighted by Gasteiger charge is -2.32. The first-order chi connectivity index (χ1) is 53.8. The van der Waals surface area contributed by atoms with Gasteiger partial charge in [-0.3, -0.25) is 9.97 Å². The van der Waals surface area contributed by atoms with Crippen LogP contribution < -0.4 is 5.46 Å². The van der Waals surface area contributed by atoms with Gasteiger partial charge in [-0.15, -0.1) is 0 Å². The van der Waals surface area contributed by atoms with Gasteiger partial charge < -0.3 is 9.31 Å². The van der Waals surface area contributed by atoms with Crippen molar-refractivity contribution in [3.63, 3.8) is 0 Å². The molecule has 0 spiro atoms. The molecule has 14 heteroatoms. The van der Waals surface area contributed by atoms with Crippen molar-refractivity contribution in [2.75, 3.05) is 0 Å². The molecule has 526 valence electrons. The van der Waals surface area contributed by atoms with Crippen molar-refractivity contribution in [2.45, 2.75) is 38.9 Å². The van der Waals surface area contributed by atoms with Gasteiger partial charge in [-0.05, 0) is 109 Å². The number of benzene rings is 12. The van der Waals surface area contributed by atoms with Crippen LogP contribution in [-0.2, 0) is 9.31 Å². The van der Waals surface area contributed by atoms with Crippen molar-refractivity contribution in [3.05, 3.63) is 357 Å². The fourth-order valence-electron chi connectivity index (χ4n) is 13.4. The second-order valence-corrected chi connectivity index (χ2v) is 28.8. The lowest BCUT2D eigenvalue weighted by atomic mass is 9.78. The van der Waals surface area contributed by atoms with Gasteiger partial charge in [0, 0.05) is 82.9 Å². The summed E-state index contributed by atoms with van der Waals surface area (Å²) in [4.78, 5) is 48.0. The molecule has 1 aliphatic rings. The van der Waals surface area contributed by atoms with Gasteiger partial charge in [-0.25, -0.2) is 39.9 Å². The van der Waals surface area contributed by atoms with E-state index in [9.17, 15) is 0 Å². The predicted octanol–water partition coefficient (Wildman–Crippen LogP) is 23.0. The van der Waals surface area contributed by atoms with E-state index in [0.29, 0.717) is 34.9 Å². The molecule has 1 saturated heterocycles. The topological polar surface area (TPSA) is 147 Å². The van der Waals surface area contributed by atoms with Gasteiger partial charge in [0.2, 0.25) is 0 Å². The van der Waals surface area contributed by atoms with Crippen molar-refractivity contribution >= 4 is 72.1 Å². The van der Waals surface area contributed by atoms with E-state index in [2.05, 4.69) is 248 Å². The Kier molecular flexibility index (Phi) is 19.4. The monoisotopic (exact) mass is 1480 g/mol. The number of fused-ring (bicyclic) bond motifs is 6. The molecule has 18 aromatic rings. The fraction of sp³-hybridized carbons (Fsp3) is 0.0625. The number of halogens is 1. The van der Waals surface area contributed by atoms with Gasteiger partial charge in [0.1, 0.15) is 0 Å². The number of hydrogen-bond acceptors (Lipinski definition) is 12.